The fraction of sp³-hybridized carbons (Fsp3) is 0.333. The first-order chi connectivity index (χ1) is 11.4. The lowest BCUT2D eigenvalue weighted by Crippen LogP contribution is -2.31. The molecule has 0 aliphatic carbocycles. The second-order valence-electron chi connectivity index (χ2n) is 5.04. The van der Waals surface area contributed by atoms with Crippen LogP contribution in [0.2, 0.25) is 5.02 Å². The van der Waals surface area contributed by atoms with Crippen LogP contribution in [0.4, 0.5) is 5.69 Å². The largest absolute Gasteiger partial charge is 0.481 e. The summed E-state index contributed by atoms with van der Waals surface area (Å²) in [4.78, 5) is 38.4. The summed E-state index contributed by atoms with van der Waals surface area (Å²) in [5.74, 6) is -1.47. The number of nitrogens with zero attached hydrogens (tertiary/aromatic N) is 1. The number of aliphatic carboxylic acids is 1. The van der Waals surface area contributed by atoms with E-state index in [0.29, 0.717) is 22.3 Å². The first-order valence-corrected chi connectivity index (χ1v) is 8.50. The van der Waals surface area contributed by atoms with Crippen LogP contribution in [-0.4, -0.2) is 39.9 Å². The number of thioether (sulfide) groups is 1. The van der Waals surface area contributed by atoms with Crippen molar-refractivity contribution in [2.75, 3.05) is 6.54 Å². The van der Waals surface area contributed by atoms with Crippen molar-refractivity contribution in [3.05, 3.63) is 29.3 Å². The molecule has 1 heterocycles. The molecule has 1 aliphatic heterocycles. The van der Waals surface area contributed by atoms with Gasteiger partial charge in [-0.05, 0) is 30.7 Å². The number of carbonyl (C=O) groups is 3. The Hall–Kier alpha value is -2.06. The topological polar surface area (TPSA) is 108 Å². The van der Waals surface area contributed by atoms with Gasteiger partial charge in [-0.15, -0.1) is 0 Å². The van der Waals surface area contributed by atoms with Crippen LogP contribution in [0.1, 0.15) is 19.3 Å². The Labute approximate surface area is 147 Å². The average molecular weight is 370 g/mol. The van der Waals surface area contributed by atoms with Gasteiger partial charge in [0.05, 0.1) is 5.69 Å². The number of hydrogen-bond donors (Lipinski definition) is 3. The molecule has 128 valence electrons. The van der Waals surface area contributed by atoms with Crippen LogP contribution in [0, 0.1) is 0 Å². The minimum absolute atomic E-state index is 0.00313. The van der Waals surface area contributed by atoms with Crippen LogP contribution in [0.3, 0.4) is 0 Å². The number of hydrogen-bond acceptors (Lipinski definition) is 5. The predicted octanol–water partition coefficient (Wildman–Crippen LogP) is 1.93. The highest BCUT2D eigenvalue weighted by molar-refractivity contribution is 8.15. The van der Waals surface area contributed by atoms with E-state index in [1.807, 2.05) is 0 Å². The summed E-state index contributed by atoms with van der Waals surface area (Å²) in [6, 6.07) is 6.85. The van der Waals surface area contributed by atoms with E-state index in [-0.39, 0.29) is 31.2 Å². The zero-order valence-corrected chi connectivity index (χ0v) is 14.2. The molecule has 1 unspecified atom stereocenters. The molecule has 2 amide bonds. The van der Waals surface area contributed by atoms with Crippen molar-refractivity contribution in [1.29, 1.82) is 0 Å². The highest BCUT2D eigenvalue weighted by Crippen LogP contribution is 2.25. The third kappa shape index (κ3) is 5.86. The van der Waals surface area contributed by atoms with Crippen LogP contribution >= 0.6 is 23.4 Å². The van der Waals surface area contributed by atoms with E-state index in [0.717, 1.165) is 0 Å². The molecule has 0 spiro atoms. The molecule has 1 saturated heterocycles. The Morgan fingerprint density at radius 3 is 2.71 bits per heavy atom. The summed E-state index contributed by atoms with van der Waals surface area (Å²) < 4.78 is 0. The molecule has 1 aromatic rings. The van der Waals surface area contributed by atoms with Crippen molar-refractivity contribution in [2.45, 2.75) is 24.5 Å². The number of carboxylic acid groups (broad SMARTS) is 1. The van der Waals surface area contributed by atoms with Gasteiger partial charge in [-0.25, -0.2) is 4.99 Å². The molecular weight excluding hydrogens is 354 g/mol. The van der Waals surface area contributed by atoms with Crippen LogP contribution in [-0.2, 0) is 14.4 Å². The van der Waals surface area contributed by atoms with Gasteiger partial charge < -0.3 is 15.7 Å². The number of aliphatic imine (C=N–C) groups is 1. The second-order valence-corrected chi connectivity index (χ2v) is 6.67. The van der Waals surface area contributed by atoms with E-state index < -0.39 is 11.2 Å². The van der Waals surface area contributed by atoms with Gasteiger partial charge in [0.1, 0.15) is 5.25 Å². The lowest BCUT2D eigenvalue weighted by atomic mass is 10.2. The third-order valence-corrected chi connectivity index (χ3v) is 4.43. The maximum atomic E-state index is 11.9. The van der Waals surface area contributed by atoms with Crippen molar-refractivity contribution in [3.63, 3.8) is 0 Å². The van der Waals surface area contributed by atoms with Gasteiger partial charge in [0.2, 0.25) is 11.8 Å². The Bertz CT molecular complexity index is 663. The van der Waals surface area contributed by atoms with Gasteiger partial charge in [-0.3, -0.25) is 14.4 Å². The van der Waals surface area contributed by atoms with Gasteiger partial charge >= 0.3 is 5.97 Å². The minimum atomic E-state index is -0.905. The van der Waals surface area contributed by atoms with Gasteiger partial charge in [-0.1, -0.05) is 23.4 Å². The normalized spacial score (nSPS) is 18.5. The standard InChI is InChI=1S/C15H16ClN3O4S/c16-9-3-5-10(6-4-9)18-15-19-14(23)11(24-15)8-12(20)17-7-1-2-13(21)22/h3-6,11H,1-2,7-8H2,(H,17,20)(H,21,22)(H,18,19,23). The Morgan fingerprint density at radius 2 is 2.04 bits per heavy atom. The van der Waals surface area contributed by atoms with Crippen molar-refractivity contribution in [3.8, 4) is 0 Å². The number of benzene rings is 1. The third-order valence-electron chi connectivity index (χ3n) is 3.09. The molecule has 1 aliphatic rings. The Morgan fingerprint density at radius 1 is 1.33 bits per heavy atom. The highest BCUT2D eigenvalue weighted by atomic mass is 35.5. The number of rotatable bonds is 7. The van der Waals surface area contributed by atoms with Crippen LogP contribution < -0.4 is 10.6 Å². The quantitative estimate of drug-likeness (QED) is 0.636. The van der Waals surface area contributed by atoms with E-state index in [2.05, 4.69) is 15.6 Å². The van der Waals surface area contributed by atoms with Crippen molar-refractivity contribution >= 4 is 52.0 Å². The molecule has 1 aromatic carbocycles. The molecule has 0 bridgehead atoms. The van der Waals surface area contributed by atoms with Gasteiger partial charge in [0.15, 0.2) is 5.17 Å². The minimum Gasteiger partial charge on any atom is -0.481 e. The summed E-state index contributed by atoms with van der Waals surface area (Å²) in [6.45, 7) is 0.274. The van der Waals surface area contributed by atoms with E-state index >= 15 is 0 Å². The average Bonchev–Trinajstić information content (AvgIpc) is 2.85. The van der Waals surface area contributed by atoms with E-state index in [1.165, 1.54) is 11.8 Å². The zero-order chi connectivity index (χ0) is 17.5. The van der Waals surface area contributed by atoms with Gasteiger partial charge in [0.25, 0.3) is 0 Å². The number of halogens is 1. The molecule has 2 rings (SSSR count). The van der Waals surface area contributed by atoms with E-state index in [1.54, 1.807) is 24.3 Å². The first-order valence-electron chi connectivity index (χ1n) is 7.24. The molecule has 0 aromatic heterocycles. The monoisotopic (exact) mass is 369 g/mol. The fourth-order valence-electron chi connectivity index (χ4n) is 1.93. The SMILES string of the molecule is O=C(O)CCCNC(=O)CC1SC(=Nc2ccc(Cl)cc2)NC1=O. The molecular formula is C15H16ClN3O4S. The molecule has 24 heavy (non-hydrogen) atoms. The van der Waals surface area contributed by atoms with E-state index in [9.17, 15) is 14.4 Å². The smallest absolute Gasteiger partial charge is 0.303 e. The molecule has 0 radical (unpaired) electrons. The lowest BCUT2D eigenvalue weighted by molar-refractivity contribution is -0.137. The lowest BCUT2D eigenvalue weighted by Gasteiger charge is -2.06. The molecule has 1 fully saturated rings. The summed E-state index contributed by atoms with van der Waals surface area (Å²) in [5.41, 5.74) is 0.654. The summed E-state index contributed by atoms with van der Waals surface area (Å²) in [5, 5.41) is 14.3. The van der Waals surface area contributed by atoms with Crippen molar-refractivity contribution < 1.29 is 19.5 Å². The summed E-state index contributed by atoms with van der Waals surface area (Å²) in [6.07, 6.45) is 0.369. The number of nitrogens with one attached hydrogen (secondary N) is 2. The first kappa shape index (κ1) is 18.3. The molecule has 9 heteroatoms. The Kier molecular flexibility index (Phi) is 6.62. The molecule has 3 N–H and O–H groups in total. The fourth-order valence-corrected chi connectivity index (χ4v) is 3.05. The molecule has 7 nitrogen and oxygen atoms in total. The second kappa shape index (κ2) is 8.70. The number of carboxylic acids is 1. The predicted molar refractivity (Wildman–Crippen MR) is 92.6 cm³/mol. The number of amidine groups is 1. The number of carbonyl (C=O) groups excluding carboxylic acids is 2. The van der Waals surface area contributed by atoms with Crippen molar-refractivity contribution in [1.82, 2.24) is 10.6 Å². The summed E-state index contributed by atoms with van der Waals surface area (Å²) in [7, 11) is 0. The zero-order valence-electron chi connectivity index (χ0n) is 12.6. The Balaban J connectivity index is 1.82. The maximum Gasteiger partial charge on any atom is 0.303 e. The van der Waals surface area contributed by atoms with Gasteiger partial charge in [0, 0.05) is 24.4 Å². The number of amides is 2. The van der Waals surface area contributed by atoms with Crippen LogP contribution in [0.5, 0.6) is 0 Å². The molecule has 1 atom stereocenters. The van der Waals surface area contributed by atoms with E-state index in [4.69, 9.17) is 16.7 Å². The van der Waals surface area contributed by atoms with Crippen LogP contribution in [0.25, 0.3) is 0 Å². The molecule has 0 saturated carbocycles. The highest BCUT2D eigenvalue weighted by Gasteiger charge is 2.31. The van der Waals surface area contributed by atoms with Crippen molar-refractivity contribution in [2.24, 2.45) is 4.99 Å². The van der Waals surface area contributed by atoms with Crippen LogP contribution in [0.15, 0.2) is 29.3 Å². The maximum absolute atomic E-state index is 11.9. The summed E-state index contributed by atoms with van der Waals surface area (Å²) >= 11 is 6.99. The van der Waals surface area contributed by atoms with Gasteiger partial charge in [-0.2, -0.15) is 0 Å².